The van der Waals surface area contributed by atoms with Gasteiger partial charge in [-0.15, -0.1) is 0 Å². The molecule has 0 aliphatic rings. The third-order valence-corrected chi connectivity index (χ3v) is 4.19. The second kappa shape index (κ2) is 5.56. The molecule has 17 heavy (non-hydrogen) atoms. The number of thiol groups is 1. The van der Waals surface area contributed by atoms with Gasteiger partial charge in [0, 0.05) is 23.5 Å². The largest absolute Gasteiger partial charge is 0.307 e. The van der Waals surface area contributed by atoms with E-state index in [-0.39, 0.29) is 10.8 Å². The topological polar surface area (TPSA) is 22.0 Å². The van der Waals surface area contributed by atoms with E-state index in [1.54, 1.807) is 0 Å². The van der Waals surface area contributed by atoms with E-state index in [2.05, 4.69) is 24.8 Å². The first-order chi connectivity index (χ1) is 8.22. The Morgan fingerprint density at radius 1 is 1.35 bits per heavy atom. The molecule has 0 fully saturated rings. The molecule has 0 N–H and O–H groups in total. The van der Waals surface area contributed by atoms with Crippen molar-refractivity contribution >= 4 is 24.0 Å². The molecular formula is C13H15NOS2. The van der Waals surface area contributed by atoms with Crippen LogP contribution in [0.15, 0.2) is 40.5 Å². The Kier molecular flexibility index (Phi) is 4.07. The van der Waals surface area contributed by atoms with E-state index in [1.807, 2.05) is 35.1 Å². The van der Waals surface area contributed by atoms with Crippen molar-refractivity contribution in [3.05, 3.63) is 56.6 Å². The summed E-state index contributed by atoms with van der Waals surface area (Å²) in [7, 11) is 0. The lowest BCUT2D eigenvalue weighted by Crippen LogP contribution is -2.20. The van der Waals surface area contributed by atoms with E-state index in [4.69, 9.17) is 0 Å². The van der Waals surface area contributed by atoms with E-state index in [1.165, 1.54) is 16.9 Å². The van der Waals surface area contributed by atoms with E-state index in [9.17, 15) is 4.79 Å². The van der Waals surface area contributed by atoms with E-state index < -0.39 is 0 Å². The zero-order chi connectivity index (χ0) is 12.3. The minimum absolute atomic E-state index is 0.116. The average Bonchev–Trinajstić information content (AvgIpc) is 2.68. The lowest BCUT2D eigenvalue weighted by molar-refractivity contribution is 0.585. The van der Waals surface area contributed by atoms with Gasteiger partial charge in [0.25, 0.3) is 0 Å². The third-order valence-electron chi connectivity index (χ3n) is 2.87. The molecule has 0 aliphatic carbocycles. The van der Waals surface area contributed by atoms with Gasteiger partial charge in [0.2, 0.25) is 0 Å². The van der Waals surface area contributed by atoms with Gasteiger partial charge in [0.1, 0.15) is 0 Å². The third kappa shape index (κ3) is 2.82. The van der Waals surface area contributed by atoms with Crippen LogP contribution in [0.25, 0.3) is 0 Å². The Bertz CT molecular complexity index is 530. The standard InChI is InChI=1S/C13H15NOS2/c1-10-9-17-13(15)14(10)7-12(8-16)11-5-3-2-4-6-11/h2-6,9,12,16H,7-8H2,1H3. The summed E-state index contributed by atoms with van der Waals surface area (Å²) >= 11 is 5.66. The van der Waals surface area contributed by atoms with Gasteiger partial charge in [-0.3, -0.25) is 4.79 Å². The molecule has 1 unspecified atom stereocenters. The smallest absolute Gasteiger partial charge is 0.303 e. The molecule has 2 rings (SSSR count). The van der Waals surface area contributed by atoms with Gasteiger partial charge in [-0.05, 0) is 18.2 Å². The molecule has 1 aromatic heterocycles. The van der Waals surface area contributed by atoms with Crippen LogP contribution in [0.5, 0.6) is 0 Å². The average molecular weight is 265 g/mol. The van der Waals surface area contributed by atoms with Crippen molar-refractivity contribution in [3.63, 3.8) is 0 Å². The van der Waals surface area contributed by atoms with Crippen LogP contribution in [0.4, 0.5) is 0 Å². The van der Waals surface area contributed by atoms with Crippen LogP contribution in [0, 0.1) is 6.92 Å². The van der Waals surface area contributed by atoms with E-state index in [0.717, 1.165) is 11.4 Å². The summed E-state index contributed by atoms with van der Waals surface area (Å²) in [5.41, 5.74) is 2.27. The Morgan fingerprint density at radius 2 is 2.06 bits per heavy atom. The molecule has 0 saturated carbocycles. The van der Waals surface area contributed by atoms with Crippen LogP contribution in [0.3, 0.4) is 0 Å². The summed E-state index contributed by atoms with van der Waals surface area (Å²) in [4.78, 5) is 11.8. The highest BCUT2D eigenvalue weighted by Gasteiger charge is 2.13. The van der Waals surface area contributed by atoms with E-state index >= 15 is 0 Å². The second-order valence-corrected chi connectivity index (χ2v) is 5.23. The summed E-state index contributed by atoms with van der Waals surface area (Å²) in [6.07, 6.45) is 0. The fraction of sp³-hybridized carbons (Fsp3) is 0.308. The quantitative estimate of drug-likeness (QED) is 0.844. The normalized spacial score (nSPS) is 12.6. The zero-order valence-corrected chi connectivity index (χ0v) is 11.4. The number of thiazole rings is 1. The summed E-state index contributed by atoms with van der Waals surface area (Å²) in [5, 5.41) is 1.91. The maximum atomic E-state index is 11.7. The molecule has 0 saturated heterocycles. The van der Waals surface area contributed by atoms with Crippen LogP contribution in [0.1, 0.15) is 17.2 Å². The molecule has 90 valence electrons. The predicted octanol–water partition coefficient (Wildman–Crippen LogP) is 2.93. The lowest BCUT2D eigenvalue weighted by atomic mass is 10.0. The number of nitrogens with zero attached hydrogens (tertiary/aromatic N) is 1. The molecule has 1 aromatic carbocycles. The number of hydrogen-bond acceptors (Lipinski definition) is 3. The SMILES string of the molecule is Cc1csc(=O)n1CC(CS)c1ccccc1. The summed E-state index contributed by atoms with van der Waals surface area (Å²) in [5.74, 6) is 1.02. The van der Waals surface area contributed by atoms with Crippen molar-refractivity contribution in [2.75, 3.05) is 5.75 Å². The first-order valence-electron chi connectivity index (χ1n) is 5.53. The predicted molar refractivity (Wildman–Crippen MR) is 76.4 cm³/mol. The molecule has 0 bridgehead atoms. The van der Waals surface area contributed by atoms with Gasteiger partial charge in [0.05, 0.1) is 0 Å². The lowest BCUT2D eigenvalue weighted by Gasteiger charge is -2.16. The molecule has 0 spiro atoms. The molecule has 0 amide bonds. The minimum atomic E-state index is 0.116. The maximum absolute atomic E-state index is 11.7. The molecule has 0 radical (unpaired) electrons. The molecule has 4 heteroatoms. The van der Waals surface area contributed by atoms with Gasteiger partial charge in [-0.25, -0.2) is 0 Å². The Balaban J connectivity index is 2.25. The fourth-order valence-corrected chi connectivity index (χ4v) is 2.91. The van der Waals surface area contributed by atoms with Gasteiger partial charge >= 0.3 is 4.87 Å². The fourth-order valence-electron chi connectivity index (χ4n) is 1.84. The minimum Gasteiger partial charge on any atom is -0.303 e. The van der Waals surface area contributed by atoms with Gasteiger partial charge in [-0.2, -0.15) is 12.6 Å². The molecular weight excluding hydrogens is 250 g/mol. The number of aromatic nitrogens is 1. The first kappa shape index (κ1) is 12.5. The van der Waals surface area contributed by atoms with Gasteiger partial charge < -0.3 is 4.57 Å². The summed E-state index contributed by atoms with van der Waals surface area (Å²) < 4.78 is 1.83. The van der Waals surface area contributed by atoms with Crippen molar-refractivity contribution in [1.29, 1.82) is 0 Å². The van der Waals surface area contributed by atoms with Crippen molar-refractivity contribution in [3.8, 4) is 0 Å². The van der Waals surface area contributed by atoms with Crippen molar-refractivity contribution in [1.82, 2.24) is 4.57 Å². The maximum Gasteiger partial charge on any atom is 0.307 e. The second-order valence-electron chi connectivity index (χ2n) is 4.04. The molecule has 2 nitrogen and oxygen atoms in total. The Hall–Kier alpha value is -1.00. The number of aryl methyl sites for hydroxylation is 1. The van der Waals surface area contributed by atoms with Crippen LogP contribution < -0.4 is 4.87 Å². The van der Waals surface area contributed by atoms with Crippen LogP contribution in [-0.4, -0.2) is 10.3 Å². The van der Waals surface area contributed by atoms with Crippen LogP contribution in [-0.2, 0) is 6.54 Å². The van der Waals surface area contributed by atoms with Crippen molar-refractivity contribution < 1.29 is 0 Å². The van der Waals surface area contributed by atoms with Crippen molar-refractivity contribution in [2.24, 2.45) is 0 Å². The molecule has 0 aliphatic heterocycles. The van der Waals surface area contributed by atoms with Crippen LogP contribution in [0.2, 0.25) is 0 Å². The summed E-state index contributed by atoms with van der Waals surface area (Å²) in [6.45, 7) is 2.68. The van der Waals surface area contributed by atoms with Gasteiger partial charge in [-0.1, -0.05) is 41.7 Å². The summed E-state index contributed by atoms with van der Waals surface area (Å²) in [6, 6.07) is 10.2. The van der Waals surface area contributed by atoms with Crippen molar-refractivity contribution in [2.45, 2.75) is 19.4 Å². The number of benzene rings is 1. The molecule has 2 aromatic rings. The van der Waals surface area contributed by atoms with Crippen LogP contribution >= 0.6 is 24.0 Å². The molecule has 1 atom stereocenters. The highest BCUT2D eigenvalue weighted by Crippen LogP contribution is 2.19. The zero-order valence-electron chi connectivity index (χ0n) is 9.67. The van der Waals surface area contributed by atoms with E-state index in [0.29, 0.717) is 6.54 Å². The Labute approximate surface area is 110 Å². The number of rotatable bonds is 4. The molecule has 1 heterocycles. The highest BCUT2D eigenvalue weighted by atomic mass is 32.1. The highest BCUT2D eigenvalue weighted by molar-refractivity contribution is 7.80. The number of hydrogen-bond donors (Lipinski definition) is 1. The van der Waals surface area contributed by atoms with Gasteiger partial charge in [0.15, 0.2) is 0 Å². The Morgan fingerprint density at radius 3 is 2.59 bits per heavy atom. The first-order valence-corrected chi connectivity index (χ1v) is 7.04. The monoisotopic (exact) mass is 265 g/mol.